The second kappa shape index (κ2) is 7.51. The molecular weight excluding hydrogens is 362 g/mol. The molecule has 0 aliphatic rings. The van der Waals surface area contributed by atoms with E-state index in [1.54, 1.807) is 0 Å². The fraction of sp³-hybridized carbons (Fsp3) is 0.125. The summed E-state index contributed by atoms with van der Waals surface area (Å²) in [7, 11) is 2.57. The van der Waals surface area contributed by atoms with Crippen molar-refractivity contribution in [3.8, 4) is 11.5 Å². The van der Waals surface area contributed by atoms with Gasteiger partial charge in [0.05, 0.1) is 35.4 Å². The van der Waals surface area contributed by atoms with Crippen LogP contribution in [0.3, 0.4) is 0 Å². The highest BCUT2D eigenvalue weighted by molar-refractivity contribution is 6.36. The molecule has 0 heterocycles. The first-order valence-corrected chi connectivity index (χ1v) is 7.26. The average Bonchev–Trinajstić information content (AvgIpc) is 2.57. The molecular formula is C16H11Cl2FO5. The molecule has 0 aliphatic heterocycles. The van der Waals surface area contributed by atoms with Crippen molar-refractivity contribution in [2.24, 2.45) is 0 Å². The van der Waals surface area contributed by atoms with Crippen LogP contribution in [0, 0.1) is 5.82 Å². The summed E-state index contributed by atoms with van der Waals surface area (Å²) in [5.41, 5.74) is 0.0161. The number of benzene rings is 2. The number of ether oxygens (including phenoxy) is 3. The van der Waals surface area contributed by atoms with E-state index in [1.165, 1.54) is 32.4 Å². The first kappa shape index (κ1) is 18.0. The van der Waals surface area contributed by atoms with Gasteiger partial charge in [0.2, 0.25) is 0 Å². The van der Waals surface area contributed by atoms with Gasteiger partial charge in [0, 0.05) is 0 Å². The summed E-state index contributed by atoms with van der Waals surface area (Å²) >= 11 is 11.5. The van der Waals surface area contributed by atoms with Crippen LogP contribution >= 0.6 is 23.2 Å². The molecule has 0 aromatic heterocycles. The van der Waals surface area contributed by atoms with Crippen LogP contribution < -0.4 is 9.47 Å². The number of halogens is 3. The van der Waals surface area contributed by atoms with E-state index >= 15 is 0 Å². The minimum absolute atomic E-state index is 0.0292. The fourth-order valence-corrected chi connectivity index (χ4v) is 2.29. The second-order valence-electron chi connectivity index (χ2n) is 4.49. The SMILES string of the molecule is COC(=O)c1ccc(OC(=O)c2cc(F)c(Cl)cc2Cl)c(OC)c1. The maximum Gasteiger partial charge on any atom is 0.345 e. The third-order valence-corrected chi connectivity index (χ3v) is 3.62. The molecule has 0 radical (unpaired) electrons. The molecule has 24 heavy (non-hydrogen) atoms. The molecule has 0 unspecified atom stereocenters. The Hall–Kier alpha value is -2.31. The van der Waals surface area contributed by atoms with E-state index in [1.807, 2.05) is 0 Å². The summed E-state index contributed by atoms with van der Waals surface area (Å²) in [6, 6.07) is 6.07. The number of methoxy groups -OCH3 is 2. The Bertz CT molecular complexity index is 807. The van der Waals surface area contributed by atoms with Crippen molar-refractivity contribution in [3.05, 3.63) is 57.3 Å². The second-order valence-corrected chi connectivity index (χ2v) is 5.31. The van der Waals surface area contributed by atoms with Gasteiger partial charge in [0.15, 0.2) is 11.5 Å². The molecule has 0 N–H and O–H groups in total. The number of hydrogen-bond acceptors (Lipinski definition) is 5. The lowest BCUT2D eigenvalue weighted by atomic mass is 10.2. The lowest BCUT2D eigenvalue weighted by molar-refractivity contribution is 0.0600. The van der Waals surface area contributed by atoms with Crippen LogP contribution in [0.15, 0.2) is 30.3 Å². The van der Waals surface area contributed by atoms with Gasteiger partial charge in [-0.15, -0.1) is 0 Å². The molecule has 0 aliphatic carbocycles. The molecule has 0 saturated heterocycles. The number of carbonyl (C=O) groups is 2. The van der Waals surface area contributed by atoms with Gasteiger partial charge in [-0.3, -0.25) is 0 Å². The van der Waals surface area contributed by atoms with Gasteiger partial charge in [-0.25, -0.2) is 14.0 Å². The smallest absolute Gasteiger partial charge is 0.345 e. The van der Waals surface area contributed by atoms with Gasteiger partial charge in [0.1, 0.15) is 5.82 Å². The quantitative estimate of drug-likeness (QED) is 0.458. The van der Waals surface area contributed by atoms with E-state index in [-0.39, 0.29) is 32.7 Å². The highest BCUT2D eigenvalue weighted by Gasteiger charge is 2.19. The Kier molecular flexibility index (Phi) is 5.64. The summed E-state index contributed by atoms with van der Waals surface area (Å²) < 4.78 is 28.3. The van der Waals surface area contributed by atoms with Gasteiger partial charge in [-0.1, -0.05) is 23.2 Å². The summed E-state index contributed by atoms with van der Waals surface area (Å²) in [5.74, 6) is -2.13. The van der Waals surface area contributed by atoms with Gasteiger partial charge in [-0.05, 0) is 30.3 Å². The van der Waals surface area contributed by atoms with Crippen molar-refractivity contribution in [3.63, 3.8) is 0 Å². The Labute approximate surface area is 146 Å². The molecule has 8 heteroatoms. The molecule has 0 bridgehead atoms. The van der Waals surface area contributed by atoms with Crippen molar-refractivity contribution >= 4 is 35.1 Å². The monoisotopic (exact) mass is 372 g/mol. The lowest BCUT2D eigenvalue weighted by Gasteiger charge is -2.11. The van der Waals surface area contributed by atoms with Gasteiger partial charge < -0.3 is 14.2 Å². The Morgan fingerprint density at radius 2 is 1.67 bits per heavy atom. The molecule has 2 rings (SSSR count). The zero-order valence-electron chi connectivity index (χ0n) is 12.6. The zero-order chi connectivity index (χ0) is 17.9. The summed E-state index contributed by atoms with van der Waals surface area (Å²) in [6.45, 7) is 0. The zero-order valence-corrected chi connectivity index (χ0v) is 14.1. The van der Waals surface area contributed by atoms with Crippen LogP contribution in [0.25, 0.3) is 0 Å². The predicted octanol–water partition coefficient (Wildman–Crippen LogP) is 4.15. The minimum atomic E-state index is -0.903. The van der Waals surface area contributed by atoms with Crippen molar-refractivity contribution < 1.29 is 28.2 Å². The van der Waals surface area contributed by atoms with Crippen LogP contribution in [-0.2, 0) is 4.74 Å². The molecule has 5 nitrogen and oxygen atoms in total. The lowest BCUT2D eigenvalue weighted by Crippen LogP contribution is -2.11. The van der Waals surface area contributed by atoms with E-state index in [0.717, 1.165) is 12.1 Å². The van der Waals surface area contributed by atoms with Crippen LogP contribution in [-0.4, -0.2) is 26.2 Å². The van der Waals surface area contributed by atoms with E-state index in [9.17, 15) is 14.0 Å². The molecule has 2 aromatic carbocycles. The van der Waals surface area contributed by atoms with Crippen LogP contribution in [0.4, 0.5) is 4.39 Å². The number of hydrogen-bond donors (Lipinski definition) is 0. The number of rotatable bonds is 4. The molecule has 2 aromatic rings. The minimum Gasteiger partial charge on any atom is -0.493 e. The maximum absolute atomic E-state index is 13.5. The standard InChI is InChI=1S/C16H11Cl2FO5/c1-22-14-5-8(15(20)23-2)3-4-13(14)24-16(21)9-6-12(19)11(18)7-10(9)17/h3-7H,1-2H3. The van der Waals surface area contributed by atoms with Crippen molar-refractivity contribution in [2.75, 3.05) is 14.2 Å². The Balaban J connectivity index is 2.32. The highest BCUT2D eigenvalue weighted by Crippen LogP contribution is 2.31. The highest BCUT2D eigenvalue weighted by atomic mass is 35.5. The largest absolute Gasteiger partial charge is 0.493 e. The maximum atomic E-state index is 13.5. The summed E-state index contributed by atoms with van der Waals surface area (Å²) in [4.78, 5) is 23.7. The third-order valence-electron chi connectivity index (χ3n) is 3.02. The van der Waals surface area contributed by atoms with Gasteiger partial charge >= 0.3 is 11.9 Å². The molecule has 126 valence electrons. The molecule has 0 atom stereocenters. The van der Waals surface area contributed by atoms with Crippen molar-refractivity contribution in [2.45, 2.75) is 0 Å². The first-order chi connectivity index (χ1) is 11.4. The first-order valence-electron chi connectivity index (χ1n) is 6.50. The van der Waals surface area contributed by atoms with E-state index < -0.39 is 17.8 Å². The average molecular weight is 373 g/mol. The molecule has 0 amide bonds. The van der Waals surface area contributed by atoms with E-state index in [2.05, 4.69) is 4.74 Å². The Morgan fingerprint density at radius 3 is 2.29 bits per heavy atom. The van der Waals surface area contributed by atoms with Crippen LogP contribution in [0.1, 0.15) is 20.7 Å². The van der Waals surface area contributed by atoms with Gasteiger partial charge in [0.25, 0.3) is 0 Å². The number of esters is 2. The van der Waals surface area contributed by atoms with Crippen LogP contribution in [0.5, 0.6) is 11.5 Å². The molecule has 0 saturated carbocycles. The van der Waals surface area contributed by atoms with Crippen molar-refractivity contribution in [1.29, 1.82) is 0 Å². The Morgan fingerprint density at radius 1 is 0.958 bits per heavy atom. The van der Waals surface area contributed by atoms with Gasteiger partial charge in [-0.2, -0.15) is 0 Å². The van der Waals surface area contributed by atoms with Crippen molar-refractivity contribution in [1.82, 2.24) is 0 Å². The normalized spacial score (nSPS) is 10.2. The summed E-state index contributed by atoms with van der Waals surface area (Å²) in [5, 5.41) is -0.270. The molecule has 0 fully saturated rings. The van der Waals surface area contributed by atoms with Crippen LogP contribution in [0.2, 0.25) is 10.0 Å². The molecule has 0 spiro atoms. The topological polar surface area (TPSA) is 61.8 Å². The third kappa shape index (κ3) is 3.77. The fourth-order valence-electron chi connectivity index (χ4n) is 1.83. The van der Waals surface area contributed by atoms with E-state index in [0.29, 0.717) is 0 Å². The van der Waals surface area contributed by atoms with E-state index in [4.69, 9.17) is 32.7 Å². The summed E-state index contributed by atoms with van der Waals surface area (Å²) in [6.07, 6.45) is 0. The number of carbonyl (C=O) groups excluding carboxylic acids is 2. The predicted molar refractivity (Wildman–Crippen MR) is 85.7 cm³/mol.